The van der Waals surface area contributed by atoms with Gasteiger partial charge in [-0.2, -0.15) is 0 Å². The molecular formula is C20H36O5. The summed E-state index contributed by atoms with van der Waals surface area (Å²) in [6.45, 7) is 2.15. The lowest BCUT2D eigenvalue weighted by Gasteiger charge is -2.21. The number of carboxylic acid groups (broad SMARTS) is 1. The maximum absolute atomic E-state index is 10.4. The number of aliphatic carboxylic acids is 1. The summed E-state index contributed by atoms with van der Waals surface area (Å²) in [7, 11) is 0. The zero-order valence-corrected chi connectivity index (χ0v) is 15.5. The quantitative estimate of drug-likeness (QED) is 0.300. The molecule has 0 aromatic rings. The number of unbranched alkanes of at least 4 members (excludes halogenated alkanes) is 5. The van der Waals surface area contributed by atoms with Crippen LogP contribution in [0, 0.1) is 11.8 Å². The molecule has 1 aliphatic carbocycles. The number of aliphatic hydroxyl groups is 3. The molecule has 4 N–H and O–H groups in total. The summed E-state index contributed by atoms with van der Waals surface area (Å²) in [4.78, 5) is 10.4. The molecule has 1 saturated carbocycles. The van der Waals surface area contributed by atoms with Crippen LogP contribution in [0.3, 0.4) is 0 Å². The third-order valence-electron chi connectivity index (χ3n) is 5.25. The smallest absolute Gasteiger partial charge is 0.303 e. The molecule has 0 amide bonds. The summed E-state index contributed by atoms with van der Waals surface area (Å²) < 4.78 is 0. The van der Waals surface area contributed by atoms with E-state index in [1.54, 1.807) is 6.08 Å². The lowest BCUT2D eigenvalue weighted by molar-refractivity contribution is -0.137. The molecule has 5 atom stereocenters. The number of hydrogen-bond donors (Lipinski definition) is 4. The van der Waals surface area contributed by atoms with Gasteiger partial charge < -0.3 is 20.4 Å². The van der Waals surface area contributed by atoms with Crippen LogP contribution < -0.4 is 0 Å². The average molecular weight is 357 g/mol. The summed E-state index contributed by atoms with van der Waals surface area (Å²) in [6.07, 6.45) is 11.0. The van der Waals surface area contributed by atoms with Crippen LogP contribution in [-0.2, 0) is 4.79 Å². The third kappa shape index (κ3) is 8.84. The SMILES string of the molecule is CCCCC[C@@H]1[C@H](/C=C/[C@H](O)CCCCCCC(=O)O)[C@@H](O)C[C@H]1O. The molecule has 0 spiro atoms. The molecular weight excluding hydrogens is 320 g/mol. The molecule has 1 fully saturated rings. The summed E-state index contributed by atoms with van der Waals surface area (Å²) in [6, 6.07) is 0. The summed E-state index contributed by atoms with van der Waals surface area (Å²) in [5.41, 5.74) is 0. The van der Waals surface area contributed by atoms with Crippen LogP contribution in [0.2, 0.25) is 0 Å². The van der Waals surface area contributed by atoms with E-state index in [9.17, 15) is 20.1 Å². The van der Waals surface area contributed by atoms with E-state index in [-0.39, 0.29) is 18.3 Å². The van der Waals surface area contributed by atoms with E-state index in [0.29, 0.717) is 19.3 Å². The van der Waals surface area contributed by atoms with Crippen molar-refractivity contribution in [1.82, 2.24) is 0 Å². The highest BCUT2D eigenvalue weighted by Gasteiger charge is 2.39. The van der Waals surface area contributed by atoms with Gasteiger partial charge in [0.25, 0.3) is 0 Å². The average Bonchev–Trinajstić information content (AvgIpc) is 2.82. The minimum atomic E-state index is -0.756. The van der Waals surface area contributed by atoms with Crippen molar-refractivity contribution in [3.63, 3.8) is 0 Å². The Hall–Kier alpha value is -0.910. The fraction of sp³-hybridized carbons (Fsp3) is 0.850. The van der Waals surface area contributed by atoms with Crippen molar-refractivity contribution in [2.45, 2.75) is 95.9 Å². The monoisotopic (exact) mass is 356 g/mol. The van der Waals surface area contributed by atoms with Crippen LogP contribution in [0.25, 0.3) is 0 Å². The van der Waals surface area contributed by atoms with E-state index in [0.717, 1.165) is 44.9 Å². The Morgan fingerprint density at radius 2 is 1.80 bits per heavy atom. The lowest BCUT2D eigenvalue weighted by atomic mass is 9.88. The fourth-order valence-electron chi connectivity index (χ4n) is 3.74. The number of carbonyl (C=O) groups is 1. The number of aliphatic hydroxyl groups excluding tert-OH is 3. The fourth-order valence-corrected chi connectivity index (χ4v) is 3.74. The number of hydrogen-bond acceptors (Lipinski definition) is 4. The highest BCUT2D eigenvalue weighted by Crippen LogP contribution is 2.37. The van der Waals surface area contributed by atoms with Gasteiger partial charge >= 0.3 is 5.97 Å². The molecule has 0 aromatic carbocycles. The second-order valence-electron chi connectivity index (χ2n) is 7.41. The Balaban J connectivity index is 2.31. The summed E-state index contributed by atoms with van der Waals surface area (Å²) in [5.74, 6) is -0.744. The Kier molecular flexibility index (Phi) is 11.0. The Morgan fingerprint density at radius 3 is 2.48 bits per heavy atom. The molecule has 0 aromatic heterocycles. The second kappa shape index (κ2) is 12.4. The predicted octanol–water partition coefficient (Wildman–Crippen LogP) is 3.27. The minimum absolute atomic E-state index is 0.0722. The molecule has 1 rings (SSSR count). The van der Waals surface area contributed by atoms with Crippen LogP contribution in [-0.4, -0.2) is 44.7 Å². The van der Waals surface area contributed by atoms with Gasteiger partial charge in [0.2, 0.25) is 0 Å². The van der Waals surface area contributed by atoms with E-state index in [4.69, 9.17) is 5.11 Å². The van der Waals surface area contributed by atoms with Crippen LogP contribution in [0.15, 0.2) is 12.2 Å². The van der Waals surface area contributed by atoms with Crippen molar-refractivity contribution >= 4 is 5.97 Å². The van der Waals surface area contributed by atoms with E-state index in [1.807, 2.05) is 6.08 Å². The normalized spacial score (nSPS) is 27.8. The zero-order chi connectivity index (χ0) is 18.7. The molecule has 0 heterocycles. The van der Waals surface area contributed by atoms with Gasteiger partial charge in [0.1, 0.15) is 0 Å². The minimum Gasteiger partial charge on any atom is -0.481 e. The van der Waals surface area contributed by atoms with Gasteiger partial charge in [0.05, 0.1) is 18.3 Å². The van der Waals surface area contributed by atoms with Gasteiger partial charge in [0.15, 0.2) is 0 Å². The van der Waals surface area contributed by atoms with Gasteiger partial charge in [-0.3, -0.25) is 4.79 Å². The van der Waals surface area contributed by atoms with Gasteiger partial charge in [-0.05, 0) is 25.2 Å². The van der Waals surface area contributed by atoms with Gasteiger partial charge in [0, 0.05) is 18.8 Å². The van der Waals surface area contributed by atoms with E-state index in [2.05, 4.69) is 6.92 Å². The molecule has 146 valence electrons. The van der Waals surface area contributed by atoms with Crippen molar-refractivity contribution in [3.8, 4) is 0 Å². The molecule has 0 aliphatic heterocycles. The largest absolute Gasteiger partial charge is 0.481 e. The van der Waals surface area contributed by atoms with Crippen molar-refractivity contribution in [1.29, 1.82) is 0 Å². The Labute approximate surface area is 151 Å². The summed E-state index contributed by atoms with van der Waals surface area (Å²) >= 11 is 0. The predicted molar refractivity (Wildman–Crippen MR) is 98.2 cm³/mol. The van der Waals surface area contributed by atoms with Crippen molar-refractivity contribution in [2.24, 2.45) is 11.8 Å². The molecule has 0 saturated heterocycles. The number of rotatable bonds is 13. The first-order valence-electron chi connectivity index (χ1n) is 9.90. The zero-order valence-electron chi connectivity index (χ0n) is 15.5. The molecule has 0 bridgehead atoms. The van der Waals surface area contributed by atoms with Crippen molar-refractivity contribution in [3.05, 3.63) is 12.2 Å². The maximum atomic E-state index is 10.4. The van der Waals surface area contributed by atoms with Gasteiger partial charge in [-0.1, -0.05) is 57.6 Å². The molecule has 25 heavy (non-hydrogen) atoms. The number of carboxylic acids is 1. The van der Waals surface area contributed by atoms with E-state index in [1.165, 1.54) is 0 Å². The summed E-state index contributed by atoms with van der Waals surface area (Å²) in [5, 5.41) is 39.0. The first kappa shape index (κ1) is 22.1. The van der Waals surface area contributed by atoms with Crippen LogP contribution >= 0.6 is 0 Å². The Morgan fingerprint density at radius 1 is 1.08 bits per heavy atom. The van der Waals surface area contributed by atoms with E-state index >= 15 is 0 Å². The van der Waals surface area contributed by atoms with E-state index < -0.39 is 24.3 Å². The molecule has 5 heteroatoms. The highest BCUT2D eigenvalue weighted by molar-refractivity contribution is 5.66. The van der Waals surface area contributed by atoms with Crippen molar-refractivity contribution in [2.75, 3.05) is 0 Å². The lowest BCUT2D eigenvalue weighted by Crippen LogP contribution is -2.21. The van der Waals surface area contributed by atoms with Crippen LogP contribution in [0.5, 0.6) is 0 Å². The molecule has 0 unspecified atom stereocenters. The standard InChI is InChI=1S/C20H36O5/c1-2-3-6-10-16-17(19(23)14-18(16)22)13-12-15(21)9-7-4-5-8-11-20(24)25/h12-13,15-19,21-23H,2-11,14H2,1H3,(H,24,25)/b13-12+/t15-,16-,17+,18-,19+/m1/s1. The molecule has 1 aliphatic rings. The first-order valence-corrected chi connectivity index (χ1v) is 9.90. The third-order valence-corrected chi connectivity index (χ3v) is 5.25. The first-order chi connectivity index (χ1) is 12.0. The van der Waals surface area contributed by atoms with Gasteiger partial charge in [-0.15, -0.1) is 0 Å². The van der Waals surface area contributed by atoms with Crippen LogP contribution in [0.1, 0.15) is 77.6 Å². The highest BCUT2D eigenvalue weighted by atomic mass is 16.4. The van der Waals surface area contributed by atoms with Crippen molar-refractivity contribution < 1.29 is 25.2 Å². The molecule has 0 radical (unpaired) electrons. The maximum Gasteiger partial charge on any atom is 0.303 e. The Bertz CT molecular complexity index is 396. The van der Waals surface area contributed by atoms with Crippen LogP contribution in [0.4, 0.5) is 0 Å². The van der Waals surface area contributed by atoms with Gasteiger partial charge in [-0.25, -0.2) is 0 Å². The molecule has 5 nitrogen and oxygen atoms in total. The topological polar surface area (TPSA) is 98.0 Å². The second-order valence-corrected chi connectivity index (χ2v) is 7.41.